The maximum atomic E-state index is 12.7. The molecule has 124 valence electrons. The SMILES string of the molecule is C=CCC1=CC2=C(CCC(=O)N2CC=C(C)C)C(CC=C)C1=O.[H-].[Na+]. The van der Waals surface area contributed by atoms with Crippen LogP contribution in [0.1, 0.15) is 41.0 Å². The maximum Gasteiger partial charge on any atom is 1.00 e. The van der Waals surface area contributed by atoms with Crippen molar-refractivity contribution in [2.24, 2.45) is 5.92 Å². The van der Waals surface area contributed by atoms with Gasteiger partial charge in [-0.3, -0.25) is 9.59 Å². The average molecular weight is 335 g/mol. The van der Waals surface area contributed by atoms with Gasteiger partial charge in [-0.25, -0.2) is 0 Å². The molecule has 1 aliphatic heterocycles. The Bertz CT molecular complexity index is 642. The topological polar surface area (TPSA) is 37.4 Å². The van der Waals surface area contributed by atoms with E-state index < -0.39 is 0 Å². The van der Waals surface area contributed by atoms with Crippen molar-refractivity contribution in [1.82, 2.24) is 4.90 Å². The zero-order valence-electron chi connectivity index (χ0n) is 16.1. The second kappa shape index (κ2) is 9.36. The molecule has 1 atom stereocenters. The van der Waals surface area contributed by atoms with E-state index in [1.54, 1.807) is 12.2 Å². The molecular formula is C20H26NNaO2. The molecule has 0 aromatic carbocycles. The van der Waals surface area contributed by atoms with E-state index in [0.717, 1.165) is 16.8 Å². The zero-order chi connectivity index (χ0) is 17.0. The van der Waals surface area contributed by atoms with Crippen LogP contribution in [0.4, 0.5) is 0 Å². The van der Waals surface area contributed by atoms with Gasteiger partial charge >= 0.3 is 29.6 Å². The predicted molar refractivity (Wildman–Crippen MR) is 94.7 cm³/mol. The number of hydrogen-bond acceptors (Lipinski definition) is 2. The summed E-state index contributed by atoms with van der Waals surface area (Å²) in [6, 6.07) is 0. The Morgan fingerprint density at radius 2 is 2.00 bits per heavy atom. The van der Waals surface area contributed by atoms with Gasteiger partial charge in [0.2, 0.25) is 5.91 Å². The van der Waals surface area contributed by atoms with Crippen molar-refractivity contribution >= 4 is 11.7 Å². The quantitative estimate of drug-likeness (QED) is 0.541. The fraction of sp³-hybridized carbons (Fsp3) is 0.400. The molecule has 0 spiro atoms. The first-order valence-electron chi connectivity index (χ1n) is 8.13. The molecule has 1 amide bonds. The number of nitrogens with zero attached hydrogens (tertiary/aromatic N) is 1. The fourth-order valence-electron chi connectivity index (χ4n) is 3.16. The van der Waals surface area contributed by atoms with Crippen LogP contribution in [0.2, 0.25) is 0 Å². The van der Waals surface area contributed by atoms with Gasteiger partial charge in [-0.2, -0.15) is 0 Å². The van der Waals surface area contributed by atoms with Crippen molar-refractivity contribution in [3.63, 3.8) is 0 Å². The molecule has 2 aliphatic rings. The molecule has 4 heteroatoms. The Labute approximate surface area is 168 Å². The molecule has 0 aromatic heterocycles. The summed E-state index contributed by atoms with van der Waals surface area (Å²) in [4.78, 5) is 26.9. The van der Waals surface area contributed by atoms with E-state index in [2.05, 4.69) is 13.2 Å². The monoisotopic (exact) mass is 335 g/mol. The molecule has 0 aromatic rings. The van der Waals surface area contributed by atoms with Gasteiger partial charge in [0.15, 0.2) is 5.78 Å². The van der Waals surface area contributed by atoms with Crippen LogP contribution in [-0.4, -0.2) is 23.1 Å². The number of allylic oxidation sites excluding steroid dienone is 6. The van der Waals surface area contributed by atoms with Crippen LogP contribution in [0.3, 0.4) is 0 Å². The largest absolute Gasteiger partial charge is 1.00 e. The first kappa shape index (κ1) is 20.9. The molecule has 1 heterocycles. The van der Waals surface area contributed by atoms with Crippen LogP contribution in [0, 0.1) is 5.92 Å². The van der Waals surface area contributed by atoms with Crippen molar-refractivity contribution in [3.05, 3.63) is 59.9 Å². The van der Waals surface area contributed by atoms with Crippen molar-refractivity contribution in [1.29, 1.82) is 0 Å². The van der Waals surface area contributed by atoms with Gasteiger partial charge in [-0.15, -0.1) is 13.2 Å². The summed E-state index contributed by atoms with van der Waals surface area (Å²) in [6.45, 7) is 12.1. The van der Waals surface area contributed by atoms with E-state index in [4.69, 9.17) is 0 Å². The fourth-order valence-corrected chi connectivity index (χ4v) is 3.16. The van der Waals surface area contributed by atoms with E-state index in [1.165, 1.54) is 5.57 Å². The standard InChI is InChI=1S/C20H25NO2.Na.H/c1-5-7-15-13-18-16(17(8-6-2)20(15)23)9-10-19(22)21(18)12-11-14(3)4;;/h5-6,11,13,17H,1-2,7-10,12H2,3-4H3;;/q;+1;-1. The third kappa shape index (κ3) is 4.47. The van der Waals surface area contributed by atoms with Gasteiger partial charge in [0, 0.05) is 30.2 Å². The summed E-state index contributed by atoms with van der Waals surface area (Å²) in [7, 11) is 0. The van der Waals surface area contributed by atoms with Gasteiger partial charge in [0.1, 0.15) is 0 Å². The number of hydrogen-bond donors (Lipinski definition) is 0. The Balaban J connectivity index is 0.00000288. The summed E-state index contributed by atoms with van der Waals surface area (Å²) in [5.41, 5.74) is 3.92. The first-order valence-corrected chi connectivity index (χ1v) is 8.13. The number of ketones is 1. The first-order chi connectivity index (χ1) is 11.0. The van der Waals surface area contributed by atoms with Crippen molar-refractivity contribution < 1.29 is 40.6 Å². The number of carbonyl (C=O) groups is 2. The molecule has 0 radical (unpaired) electrons. The molecule has 1 unspecified atom stereocenters. The molecule has 0 bridgehead atoms. The molecule has 3 nitrogen and oxygen atoms in total. The summed E-state index contributed by atoms with van der Waals surface area (Å²) in [5, 5.41) is 0. The van der Waals surface area contributed by atoms with Crippen LogP contribution in [0.15, 0.2) is 59.9 Å². The summed E-state index contributed by atoms with van der Waals surface area (Å²) < 4.78 is 0. The van der Waals surface area contributed by atoms with Crippen molar-refractivity contribution in [3.8, 4) is 0 Å². The Morgan fingerprint density at radius 1 is 1.29 bits per heavy atom. The number of rotatable bonds is 6. The molecule has 0 saturated heterocycles. The van der Waals surface area contributed by atoms with Gasteiger partial charge < -0.3 is 6.33 Å². The van der Waals surface area contributed by atoms with Crippen LogP contribution in [0.25, 0.3) is 0 Å². The summed E-state index contributed by atoms with van der Waals surface area (Å²) >= 11 is 0. The van der Waals surface area contributed by atoms with E-state index in [0.29, 0.717) is 32.2 Å². The summed E-state index contributed by atoms with van der Waals surface area (Å²) in [5.74, 6) is 0.104. The normalized spacial score (nSPS) is 20.0. The number of carbonyl (C=O) groups excluding carboxylic acids is 2. The van der Waals surface area contributed by atoms with Crippen molar-refractivity contribution in [2.75, 3.05) is 6.54 Å². The molecule has 1 aliphatic carbocycles. The predicted octanol–water partition coefficient (Wildman–Crippen LogP) is 1.22. The third-order valence-corrected chi connectivity index (χ3v) is 4.34. The van der Waals surface area contributed by atoms with E-state index >= 15 is 0 Å². The van der Waals surface area contributed by atoms with Gasteiger partial charge in [0.25, 0.3) is 0 Å². The van der Waals surface area contributed by atoms with E-state index in [1.807, 2.05) is 30.9 Å². The van der Waals surface area contributed by atoms with E-state index in [9.17, 15) is 9.59 Å². The second-order valence-corrected chi connectivity index (χ2v) is 6.30. The molecule has 2 rings (SSSR count). The minimum Gasteiger partial charge on any atom is -1.00 e. The minimum absolute atomic E-state index is 0. The van der Waals surface area contributed by atoms with Crippen molar-refractivity contribution in [2.45, 2.75) is 39.5 Å². The molecule has 0 fully saturated rings. The smallest absolute Gasteiger partial charge is 1.00 e. The maximum absolute atomic E-state index is 12.7. The van der Waals surface area contributed by atoms with Gasteiger partial charge in [0.05, 0.1) is 0 Å². The summed E-state index contributed by atoms with van der Waals surface area (Å²) in [6.07, 6.45) is 9.78. The molecular weight excluding hydrogens is 309 g/mol. The third-order valence-electron chi connectivity index (χ3n) is 4.34. The Morgan fingerprint density at radius 3 is 2.58 bits per heavy atom. The van der Waals surface area contributed by atoms with Gasteiger partial charge in [-0.1, -0.05) is 23.8 Å². The van der Waals surface area contributed by atoms with Crippen LogP contribution < -0.4 is 29.6 Å². The van der Waals surface area contributed by atoms with Crippen LogP contribution in [-0.2, 0) is 9.59 Å². The number of amides is 1. The van der Waals surface area contributed by atoms with Gasteiger partial charge in [-0.05, 0) is 44.8 Å². The molecule has 0 N–H and O–H groups in total. The number of Topliss-reactive ketones (excluding diaryl/α,β-unsaturated/α-hetero) is 1. The van der Waals surface area contributed by atoms with Crippen LogP contribution in [0.5, 0.6) is 0 Å². The average Bonchev–Trinajstić information content (AvgIpc) is 2.50. The molecule has 24 heavy (non-hydrogen) atoms. The zero-order valence-corrected chi connectivity index (χ0v) is 17.1. The molecule has 0 saturated carbocycles. The van der Waals surface area contributed by atoms with Crippen LogP contribution >= 0.6 is 0 Å². The Kier molecular flexibility index (Phi) is 8.14. The Hall–Kier alpha value is -1.16. The minimum atomic E-state index is -0.176. The van der Waals surface area contributed by atoms with E-state index in [-0.39, 0.29) is 48.6 Å². The second-order valence-electron chi connectivity index (χ2n) is 6.30.